The maximum absolute atomic E-state index is 14.7. The highest BCUT2D eigenvalue weighted by atomic mass is 16.6. The zero-order valence-corrected chi connectivity index (χ0v) is 63.2. The van der Waals surface area contributed by atoms with Gasteiger partial charge in [-0.15, -0.1) is 0 Å². The number of esters is 3. The molecule has 0 heterocycles. The Bertz CT molecular complexity index is 2980. The van der Waals surface area contributed by atoms with Gasteiger partial charge < -0.3 is 66.6 Å². The Balaban J connectivity index is 1.84. The van der Waals surface area contributed by atoms with Crippen LogP contribution < -0.4 is 52.4 Å². The van der Waals surface area contributed by atoms with Gasteiger partial charge in [0.25, 0.3) is 0 Å². The van der Waals surface area contributed by atoms with Crippen LogP contribution in [0.15, 0.2) is 78.9 Å². The lowest BCUT2D eigenvalue weighted by atomic mass is 9.97. The molecule has 3 aromatic rings. The van der Waals surface area contributed by atoms with Crippen molar-refractivity contribution in [3.05, 3.63) is 95.6 Å². The summed E-state index contributed by atoms with van der Waals surface area (Å²) in [6.45, 7) is 25.1. The minimum Gasteiger partial charge on any atom is -0.497 e. The van der Waals surface area contributed by atoms with E-state index >= 15 is 0 Å². The van der Waals surface area contributed by atoms with Crippen molar-refractivity contribution in [2.24, 2.45) is 35.3 Å². The van der Waals surface area contributed by atoms with Crippen LogP contribution in [0.2, 0.25) is 0 Å². The molecule has 3 rings (SSSR count). The highest BCUT2D eigenvalue weighted by Crippen LogP contribution is 2.27. The van der Waals surface area contributed by atoms with Gasteiger partial charge in [-0.2, -0.15) is 0 Å². The van der Waals surface area contributed by atoms with Crippen molar-refractivity contribution in [3.63, 3.8) is 0 Å². The molecule has 9 N–H and O–H groups in total. The molecule has 3 aromatic carbocycles. The zero-order valence-electron chi connectivity index (χ0n) is 63.2. The summed E-state index contributed by atoms with van der Waals surface area (Å²) in [5.74, 6) is -7.61. The number of hydrogen-bond donors (Lipinski definition) is 8. The number of ether oxygens (including phenoxy) is 5. The highest BCUT2D eigenvalue weighted by molar-refractivity contribution is 5.98. The Morgan fingerprint density at radius 3 is 1.38 bits per heavy atom. The fourth-order valence-corrected chi connectivity index (χ4v) is 11.4. The zero-order chi connectivity index (χ0) is 75.4. The molecule has 9 atom stereocenters. The van der Waals surface area contributed by atoms with Crippen LogP contribution in [-0.2, 0) is 68.8 Å². The van der Waals surface area contributed by atoms with Crippen LogP contribution in [0, 0.1) is 29.6 Å². The third kappa shape index (κ3) is 34.0. The second-order valence-corrected chi connectivity index (χ2v) is 29.2. The molecule has 7 amide bonds. The lowest BCUT2D eigenvalue weighted by Crippen LogP contribution is -2.61. The van der Waals surface area contributed by atoms with Gasteiger partial charge in [-0.25, -0.2) is 4.79 Å². The van der Waals surface area contributed by atoms with Crippen molar-refractivity contribution in [2.45, 2.75) is 279 Å². The van der Waals surface area contributed by atoms with E-state index < -0.39 is 132 Å². The smallest absolute Gasteiger partial charge is 0.329 e. The number of benzene rings is 3. The molecule has 23 heteroatoms. The Morgan fingerprint density at radius 2 is 0.921 bits per heavy atom. The number of unbranched alkanes of at least 4 members (excludes halogenated alkanes) is 8. The molecule has 101 heavy (non-hydrogen) atoms. The maximum Gasteiger partial charge on any atom is 0.329 e. The lowest BCUT2D eigenvalue weighted by Gasteiger charge is -2.30. The average molecular weight is 1410 g/mol. The fraction of sp³-hybridized carbons (Fsp3) is 0.641. The predicted octanol–water partition coefficient (Wildman–Crippen LogP) is 10.5. The molecule has 0 aromatic heterocycles. The van der Waals surface area contributed by atoms with Crippen molar-refractivity contribution < 1.29 is 71.6 Å². The molecule has 0 aliphatic carbocycles. The van der Waals surface area contributed by atoms with Gasteiger partial charge in [0.2, 0.25) is 41.4 Å². The van der Waals surface area contributed by atoms with Crippen LogP contribution in [0.25, 0.3) is 0 Å². The summed E-state index contributed by atoms with van der Waals surface area (Å²) in [5.41, 5.74) is 7.76. The van der Waals surface area contributed by atoms with Crippen LogP contribution in [-0.4, -0.2) is 127 Å². The van der Waals surface area contributed by atoms with Crippen LogP contribution in [0.4, 0.5) is 0 Å². The molecule has 1 unspecified atom stereocenters. The van der Waals surface area contributed by atoms with Gasteiger partial charge >= 0.3 is 17.9 Å². The van der Waals surface area contributed by atoms with Gasteiger partial charge in [0, 0.05) is 6.42 Å². The number of methoxy groups -OCH3 is 2. The number of nitrogens with one attached hydrogen (secondary N) is 7. The molecule has 0 bridgehead atoms. The van der Waals surface area contributed by atoms with E-state index in [1.54, 1.807) is 80.0 Å². The summed E-state index contributed by atoms with van der Waals surface area (Å²) in [7, 11) is 3.12. The SMILES string of the molecule is CCCCCCCCCCCC(CC(=O)OCc1ccccc1)OC(=O)[C@@H](NC(=O)[C@@H](CC(C)C)NC(=O)[C@H](CC(=O)OC(C)(C)C)NC(=O)[C@@H](NC(=O)[C@@H](CC(C)C)NC(=O)[C@H](CC(C)C)NC(=O)[C@@H](N)CCC(=O)NC(c1ccc(OC)cc1)c1ccc(OC)cc1)C(C)C)[C@@H](C)CC. The van der Waals surface area contributed by atoms with E-state index in [2.05, 4.69) is 44.1 Å². The number of carbonyl (C=O) groups is 10. The average Bonchev–Trinajstić information content (AvgIpc) is 0.840. The number of rotatable bonds is 47. The third-order valence-electron chi connectivity index (χ3n) is 17.2. The molecule has 0 radical (unpaired) electrons. The molecular formula is C78H122N8O15. The lowest BCUT2D eigenvalue weighted by molar-refractivity contribution is -0.160. The number of nitrogens with two attached hydrogens (primary N) is 1. The summed E-state index contributed by atoms with van der Waals surface area (Å²) >= 11 is 0. The van der Waals surface area contributed by atoms with Gasteiger partial charge in [0.15, 0.2) is 0 Å². The maximum atomic E-state index is 14.7. The molecular weight excluding hydrogens is 1290 g/mol. The number of hydrogen-bond acceptors (Lipinski definition) is 16. The number of carbonyl (C=O) groups excluding carboxylic acids is 10. The highest BCUT2D eigenvalue weighted by Gasteiger charge is 2.38. The summed E-state index contributed by atoms with van der Waals surface area (Å²) in [6, 6.07) is 14.0. The fourth-order valence-electron chi connectivity index (χ4n) is 11.4. The van der Waals surface area contributed by atoms with Crippen molar-refractivity contribution in [3.8, 4) is 11.5 Å². The van der Waals surface area contributed by atoms with Crippen LogP contribution in [0.5, 0.6) is 11.5 Å². The van der Waals surface area contributed by atoms with Crippen LogP contribution in [0.1, 0.15) is 235 Å². The normalized spacial score (nSPS) is 14.2. The quantitative estimate of drug-likeness (QED) is 0.0148. The monoisotopic (exact) mass is 1410 g/mol. The Kier molecular flexibility index (Phi) is 39.4. The Hall–Kier alpha value is -8.08. The molecule has 564 valence electrons. The third-order valence-corrected chi connectivity index (χ3v) is 17.2. The van der Waals surface area contributed by atoms with Crippen molar-refractivity contribution >= 4 is 59.3 Å². The van der Waals surface area contributed by atoms with E-state index in [0.29, 0.717) is 30.8 Å². The van der Waals surface area contributed by atoms with E-state index in [4.69, 9.17) is 29.4 Å². The minimum atomic E-state index is -1.67. The first kappa shape index (κ1) is 87.1. The Morgan fingerprint density at radius 1 is 0.475 bits per heavy atom. The largest absolute Gasteiger partial charge is 0.497 e. The molecule has 0 fully saturated rings. The van der Waals surface area contributed by atoms with E-state index in [-0.39, 0.29) is 68.8 Å². The molecule has 0 aliphatic heterocycles. The van der Waals surface area contributed by atoms with Gasteiger partial charge in [-0.05, 0) is 130 Å². The van der Waals surface area contributed by atoms with E-state index in [0.717, 1.165) is 42.4 Å². The van der Waals surface area contributed by atoms with Gasteiger partial charge in [-0.1, -0.05) is 189 Å². The molecule has 0 aliphatic rings. The van der Waals surface area contributed by atoms with Crippen LogP contribution >= 0.6 is 0 Å². The number of amides is 7. The predicted molar refractivity (Wildman–Crippen MR) is 390 cm³/mol. The first-order valence-electron chi connectivity index (χ1n) is 36.5. The summed E-state index contributed by atoms with van der Waals surface area (Å²) < 4.78 is 28.0. The van der Waals surface area contributed by atoms with E-state index in [1.807, 2.05) is 103 Å². The van der Waals surface area contributed by atoms with E-state index in [9.17, 15) is 47.9 Å². The molecule has 0 spiro atoms. The van der Waals surface area contributed by atoms with Gasteiger partial charge in [0.05, 0.1) is 39.1 Å². The second kappa shape index (κ2) is 45.7. The van der Waals surface area contributed by atoms with Crippen molar-refractivity contribution in [2.75, 3.05) is 14.2 Å². The van der Waals surface area contributed by atoms with Crippen molar-refractivity contribution in [1.29, 1.82) is 0 Å². The van der Waals surface area contributed by atoms with Gasteiger partial charge in [-0.3, -0.25) is 43.2 Å². The first-order chi connectivity index (χ1) is 47.8. The standard InChI is InChI=1S/C78H122N8O15/c1-17-19-20-21-22-23-24-25-29-32-59(46-66(88)99-48-54-30-27-26-28-31-54)100-77(96)69(53(11)18-2)86-75(94)63(45-51(7)8)82-73(92)64(47-67(89)101-78(12,13)14)83-76(95)68(52(9)10)85-74(93)62(44-50(5)6)81-72(91)61(43-49(3)4)80-71(90)60(79)41-42-65(87)84-70(55-33-37-57(97-15)38-34-55)56-35-39-58(98-16)40-36-56/h26-28,30-31,33-40,49-53,59-64,68-70H,17-25,29,32,41-48,79H2,1-16H3,(H,80,90)(H,81,91)(H,82,92)(H,83,95)(H,84,87)(H,85,93)(H,86,94)/t53-,59?,60-,61-,62+,63+,64-,68-,69-/m0/s1. The van der Waals surface area contributed by atoms with Crippen molar-refractivity contribution in [1.82, 2.24) is 37.2 Å². The van der Waals surface area contributed by atoms with Gasteiger partial charge in [0.1, 0.15) is 66.1 Å². The second-order valence-electron chi connectivity index (χ2n) is 29.2. The summed E-state index contributed by atoms with van der Waals surface area (Å²) in [5, 5.41) is 19.6. The summed E-state index contributed by atoms with van der Waals surface area (Å²) in [6.07, 6.45) is 8.72. The molecule has 23 nitrogen and oxygen atoms in total. The first-order valence-corrected chi connectivity index (χ1v) is 36.5. The molecule has 0 saturated carbocycles. The topological polar surface area (TPSA) is 327 Å². The minimum absolute atomic E-state index is 0.0438. The molecule has 0 saturated heterocycles. The Labute approximate surface area is 601 Å². The summed E-state index contributed by atoms with van der Waals surface area (Å²) in [4.78, 5) is 142. The van der Waals surface area contributed by atoms with E-state index in [1.165, 1.54) is 25.7 Å². The van der Waals surface area contributed by atoms with Crippen LogP contribution in [0.3, 0.4) is 0 Å².